The van der Waals surface area contributed by atoms with Gasteiger partial charge in [-0.2, -0.15) is 5.10 Å². The van der Waals surface area contributed by atoms with Crippen LogP contribution in [0.25, 0.3) is 0 Å². The summed E-state index contributed by atoms with van der Waals surface area (Å²) in [6, 6.07) is 0.291. The smallest absolute Gasteiger partial charge is 0.191 e. The number of aryl methyl sites for hydroxylation is 2. The van der Waals surface area contributed by atoms with E-state index in [1.54, 1.807) is 7.11 Å². The van der Waals surface area contributed by atoms with Crippen molar-refractivity contribution < 1.29 is 4.74 Å². The van der Waals surface area contributed by atoms with Crippen molar-refractivity contribution in [2.45, 2.75) is 46.6 Å². The van der Waals surface area contributed by atoms with Gasteiger partial charge in [-0.3, -0.25) is 9.67 Å². The highest BCUT2D eigenvalue weighted by Gasteiger charge is 2.13. The molecule has 1 rings (SSSR count). The first-order valence-electron chi connectivity index (χ1n) is 9.60. The first-order chi connectivity index (χ1) is 12.4. The molecule has 1 heterocycles. The second-order valence-corrected chi connectivity index (χ2v) is 6.93. The van der Waals surface area contributed by atoms with E-state index in [0.717, 1.165) is 57.3 Å². The van der Waals surface area contributed by atoms with Crippen LogP contribution >= 0.6 is 24.0 Å². The van der Waals surface area contributed by atoms with Gasteiger partial charge in [0.05, 0.1) is 12.3 Å². The normalized spacial score (nSPS) is 12.8. The molecule has 0 saturated carbocycles. The van der Waals surface area contributed by atoms with E-state index in [2.05, 4.69) is 55.4 Å². The van der Waals surface area contributed by atoms with E-state index in [-0.39, 0.29) is 24.0 Å². The summed E-state index contributed by atoms with van der Waals surface area (Å²) in [6.07, 6.45) is 1.97. The molecule has 7 nitrogen and oxygen atoms in total. The van der Waals surface area contributed by atoms with Gasteiger partial charge in [-0.15, -0.1) is 24.0 Å². The lowest BCUT2D eigenvalue weighted by Crippen LogP contribution is -2.43. The molecular weight excluding hydrogens is 455 g/mol. The molecule has 0 aliphatic heterocycles. The number of methoxy groups -OCH3 is 1. The van der Waals surface area contributed by atoms with Crippen LogP contribution in [0.1, 0.15) is 37.2 Å². The highest BCUT2D eigenvalue weighted by molar-refractivity contribution is 14.0. The van der Waals surface area contributed by atoms with Gasteiger partial charge in [0.25, 0.3) is 0 Å². The van der Waals surface area contributed by atoms with Crippen molar-refractivity contribution in [3.05, 3.63) is 17.0 Å². The molecule has 0 amide bonds. The van der Waals surface area contributed by atoms with Crippen LogP contribution in [0.4, 0.5) is 0 Å². The van der Waals surface area contributed by atoms with Crippen molar-refractivity contribution in [3.63, 3.8) is 0 Å². The summed E-state index contributed by atoms with van der Waals surface area (Å²) in [4.78, 5) is 6.99. The van der Waals surface area contributed by atoms with E-state index in [0.29, 0.717) is 6.04 Å². The van der Waals surface area contributed by atoms with Gasteiger partial charge in [0.15, 0.2) is 5.96 Å². The Kier molecular flexibility index (Phi) is 13.7. The van der Waals surface area contributed by atoms with Gasteiger partial charge in [0, 0.05) is 45.5 Å². The topological polar surface area (TPSA) is 66.7 Å². The average Bonchev–Trinajstić information content (AvgIpc) is 2.83. The third kappa shape index (κ3) is 9.75. The van der Waals surface area contributed by atoms with Crippen LogP contribution in [0.5, 0.6) is 0 Å². The number of aromatic nitrogens is 2. The molecule has 0 saturated heterocycles. The lowest BCUT2D eigenvalue weighted by atomic mass is 10.1. The number of ether oxygens (including phenoxy) is 1. The minimum Gasteiger partial charge on any atom is -0.383 e. The Morgan fingerprint density at radius 2 is 2.04 bits per heavy atom. The lowest BCUT2D eigenvalue weighted by Gasteiger charge is -2.19. The Morgan fingerprint density at radius 1 is 1.33 bits per heavy atom. The van der Waals surface area contributed by atoms with Gasteiger partial charge >= 0.3 is 0 Å². The molecule has 0 bridgehead atoms. The first-order valence-corrected chi connectivity index (χ1v) is 9.60. The molecule has 27 heavy (non-hydrogen) atoms. The van der Waals surface area contributed by atoms with Crippen molar-refractivity contribution >= 4 is 29.9 Å². The predicted octanol–water partition coefficient (Wildman–Crippen LogP) is 2.11. The maximum Gasteiger partial charge on any atom is 0.191 e. The zero-order valence-corrected chi connectivity index (χ0v) is 20.5. The Labute approximate surface area is 182 Å². The first kappa shape index (κ1) is 26.1. The molecular formula is C19H39IN6O. The molecule has 0 fully saturated rings. The zero-order valence-electron chi connectivity index (χ0n) is 18.1. The number of hydrogen-bond donors (Lipinski definition) is 2. The molecule has 0 aliphatic rings. The van der Waals surface area contributed by atoms with Gasteiger partial charge in [0.1, 0.15) is 0 Å². The van der Waals surface area contributed by atoms with E-state index in [1.165, 1.54) is 11.3 Å². The average molecular weight is 494 g/mol. The molecule has 1 aromatic rings. The predicted molar refractivity (Wildman–Crippen MR) is 124 cm³/mol. The fourth-order valence-corrected chi connectivity index (χ4v) is 2.91. The molecule has 2 N–H and O–H groups in total. The number of rotatable bonds is 11. The molecule has 158 valence electrons. The van der Waals surface area contributed by atoms with E-state index in [9.17, 15) is 0 Å². The van der Waals surface area contributed by atoms with Gasteiger partial charge in [-0.05, 0) is 59.7 Å². The number of guanidine groups is 1. The summed E-state index contributed by atoms with van der Waals surface area (Å²) < 4.78 is 7.06. The Balaban J connectivity index is 0.00000676. The van der Waals surface area contributed by atoms with Crippen LogP contribution in [0.15, 0.2) is 4.99 Å². The minimum atomic E-state index is 0. The molecule has 1 aromatic heterocycles. The number of halogens is 1. The molecule has 0 spiro atoms. The third-order valence-corrected chi connectivity index (χ3v) is 4.54. The number of likely N-dealkylation sites (N-methyl/N-ethyl adjacent to an activating group) is 1. The van der Waals surface area contributed by atoms with Crippen LogP contribution in [0, 0.1) is 13.8 Å². The molecule has 1 atom stereocenters. The molecule has 0 aliphatic carbocycles. The summed E-state index contributed by atoms with van der Waals surface area (Å²) >= 11 is 0. The second kappa shape index (κ2) is 14.2. The zero-order chi connectivity index (χ0) is 19.5. The lowest BCUT2D eigenvalue weighted by molar-refractivity contribution is 0.161. The molecule has 1 unspecified atom stereocenters. The van der Waals surface area contributed by atoms with E-state index >= 15 is 0 Å². The summed E-state index contributed by atoms with van der Waals surface area (Å²) in [5.41, 5.74) is 3.67. The molecule has 8 heteroatoms. The van der Waals surface area contributed by atoms with Gasteiger partial charge in [-0.25, -0.2) is 0 Å². The largest absolute Gasteiger partial charge is 0.383 e. The summed E-state index contributed by atoms with van der Waals surface area (Å²) in [5, 5.41) is 11.4. The summed E-state index contributed by atoms with van der Waals surface area (Å²) in [7, 11) is 5.86. The third-order valence-electron chi connectivity index (χ3n) is 4.54. The fraction of sp³-hybridized carbons (Fsp3) is 0.789. The Bertz CT molecular complexity index is 561. The highest BCUT2D eigenvalue weighted by Crippen LogP contribution is 2.14. The number of nitrogens with zero attached hydrogens (tertiary/aromatic N) is 4. The van der Waals surface area contributed by atoms with Crippen LogP contribution in [0.3, 0.4) is 0 Å². The van der Waals surface area contributed by atoms with Crippen molar-refractivity contribution in [2.75, 3.05) is 46.9 Å². The molecule has 0 aromatic carbocycles. The SMILES string of the molecule is CCNC(=NCCCN(C)CCOC)NC(C)Cc1c(C)nn(C)c1C.I. The monoisotopic (exact) mass is 494 g/mol. The van der Waals surface area contributed by atoms with Crippen molar-refractivity contribution in [1.82, 2.24) is 25.3 Å². The van der Waals surface area contributed by atoms with Crippen molar-refractivity contribution in [2.24, 2.45) is 12.0 Å². The summed E-state index contributed by atoms with van der Waals surface area (Å²) in [6.45, 7) is 12.9. The minimum absolute atomic E-state index is 0. The van der Waals surface area contributed by atoms with Crippen LogP contribution in [0.2, 0.25) is 0 Å². The van der Waals surface area contributed by atoms with Crippen LogP contribution in [-0.2, 0) is 18.2 Å². The Hall–Kier alpha value is -0.870. The van der Waals surface area contributed by atoms with Crippen LogP contribution < -0.4 is 10.6 Å². The van der Waals surface area contributed by atoms with E-state index in [4.69, 9.17) is 9.73 Å². The van der Waals surface area contributed by atoms with Crippen molar-refractivity contribution in [3.8, 4) is 0 Å². The standard InChI is InChI=1S/C19H38N6O.HI/c1-8-20-19(21-10-9-11-24(5)12-13-26-7)22-15(2)14-18-16(3)23-25(6)17(18)4;/h15H,8-14H2,1-7H3,(H2,20,21,22);1H. The summed E-state index contributed by atoms with van der Waals surface area (Å²) in [5.74, 6) is 0.888. The number of hydrogen-bond acceptors (Lipinski definition) is 4. The van der Waals surface area contributed by atoms with Crippen LogP contribution in [-0.4, -0.2) is 73.6 Å². The maximum absolute atomic E-state index is 5.10. The molecule has 0 radical (unpaired) electrons. The van der Waals surface area contributed by atoms with Crippen molar-refractivity contribution in [1.29, 1.82) is 0 Å². The maximum atomic E-state index is 5.10. The van der Waals surface area contributed by atoms with Gasteiger partial charge in [0.2, 0.25) is 0 Å². The van der Waals surface area contributed by atoms with E-state index in [1.807, 2.05) is 11.7 Å². The quantitative estimate of drug-likeness (QED) is 0.214. The number of aliphatic imine (C=N–C) groups is 1. The second-order valence-electron chi connectivity index (χ2n) is 6.93. The van der Waals surface area contributed by atoms with Gasteiger partial charge in [-0.1, -0.05) is 0 Å². The van der Waals surface area contributed by atoms with Gasteiger partial charge < -0.3 is 20.3 Å². The van der Waals surface area contributed by atoms with E-state index < -0.39 is 0 Å². The number of nitrogens with one attached hydrogen (secondary N) is 2. The highest BCUT2D eigenvalue weighted by atomic mass is 127. The fourth-order valence-electron chi connectivity index (χ4n) is 2.91. The Morgan fingerprint density at radius 3 is 2.59 bits per heavy atom.